The van der Waals surface area contributed by atoms with Gasteiger partial charge in [0.05, 0.1) is 6.04 Å². The summed E-state index contributed by atoms with van der Waals surface area (Å²) in [6.07, 6.45) is 0. The van der Waals surface area contributed by atoms with Crippen molar-refractivity contribution in [2.24, 2.45) is 11.7 Å². The minimum Gasteiger partial charge on any atom is -0.326 e. The molecular weight excluding hydrogens is 228 g/mol. The summed E-state index contributed by atoms with van der Waals surface area (Å²) >= 11 is 1.75. The second kappa shape index (κ2) is 6.53. The fourth-order valence-electron chi connectivity index (χ4n) is 2.31. The van der Waals surface area contributed by atoms with E-state index in [9.17, 15) is 0 Å². The maximum atomic E-state index is 6.21. The number of thiophene rings is 1. The second-order valence-corrected chi connectivity index (χ2v) is 6.33. The van der Waals surface area contributed by atoms with E-state index in [2.05, 4.69) is 56.3 Å². The van der Waals surface area contributed by atoms with Crippen LogP contribution < -0.4 is 5.73 Å². The summed E-state index contributed by atoms with van der Waals surface area (Å²) in [6, 6.07) is 3.22. The molecule has 0 spiro atoms. The summed E-state index contributed by atoms with van der Waals surface area (Å²) in [6.45, 7) is 12.2. The Bertz CT molecular complexity index is 304. The fourth-order valence-corrected chi connectivity index (χ4v) is 3.00. The highest BCUT2D eigenvalue weighted by atomic mass is 32.1. The summed E-state index contributed by atoms with van der Waals surface area (Å²) in [5.74, 6) is 0.664. The zero-order valence-corrected chi connectivity index (χ0v) is 12.5. The minimum atomic E-state index is 0.158. The highest BCUT2D eigenvalue weighted by Crippen LogP contribution is 2.28. The maximum Gasteiger partial charge on any atom is 0.0507 e. The number of nitrogens with zero attached hydrogens (tertiary/aromatic N) is 1. The molecule has 1 aromatic heterocycles. The average molecular weight is 254 g/mol. The summed E-state index contributed by atoms with van der Waals surface area (Å²) in [5.41, 5.74) is 7.57. The highest BCUT2D eigenvalue weighted by molar-refractivity contribution is 7.07. The van der Waals surface area contributed by atoms with Crippen LogP contribution in [0.25, 0.3) is 0 Å². The third kappa shape index (κ3) is 4.09. The lowest BCUT2D eigenvalue weighted by atomic mass is 9.99. The molecule has 0 amide bonds. The molecule has 0 saturated carbocycles. The normalized spacial score (nSPS) is 15.8. The highest BCUT2D eigenvalue weighted by Gasteiger charge is 2.26. The smallest absolute Gasteiger partial charge is 0.0507 e. The lowest BCUT2D eigenvalue weighted by molar-refractivity contribution is 0.119. The Morgan fingerprint density at radius 1 is 1.24 bits per heavy atom. The predicted molar refractivity (Wildman–Crippen MR) is 77.4 cm³/mol. The van der Waals surface area contributed by atoms with Crippen LogP contribution in [0, 0.1) is 5.92 Å². The Balaban J connectivity index is 2.94. The molecule has 0 aliphatic heterocycles. The van der Waals surface area contributed by atoms with Gasteiger partial charge in [-0.2, -0.15) is 11.3 Å². The molecule has 17 heavy (non-hydrogen) atoms. The van der Waals surface area contributed by atoms with Gasteiger partial charge in [0, 0.05) is 18.6 Å². The van der Waals surface area contributed by atoms with Gasteiger partial charge < -0.3 is 5.73 Å². The number of rotatable bonds is 6. The van der Waals surface area contributed by atoms with Crippen molar-refractivity contribution in [2.45, 2.75) is 52.7 Å². The molecule has 2 atom stereocenters. The van der Waals surface area contributed by atoms with Gasteiger partial charge in [-0.15, -0.1) is 0 Å². The molecule has 1 rings (SSSR count). The van der Waals surface area contributed by atoms with Crippen LogP contribution in [-0.4, -0.2) is 23.5 Å². The maximum absolute atomic E-state index is 6.21. The van der Waals surface area contributed by atoms with Crippen molar-refractivity contribution in [1.29, 1.82) is 0 Å². The number of hydrogen-bond acceptors (Lipinski definition) is 3. The lowest BCUT2D eigenvalue weighted by Crippen LogP contribution is -2.44. The molecule has 2 nitrogen and oxygen atoms in total. The SMILES string of the molecule is CC(C)CN(C(C)C)C(c1ccsc1)C(C)N. The quantitative estimate of drug-likeness (QED) is 0.842. The molecule has 98 valence electrons. The minimum absolute atomic E-state index is 0.158. The molecule has 0 aliphatic rings. The van der Waals surface area contributed by atoms with Crippen molar-refractivity contribution in [1.82, 2.24) is 4.90 Å². The number of nitrogens with two attached hydrogens (primary N) is 1. The molecular formula is C14H26N2S. The van der Waals surface area contributed by atoms with E-state index in [0.29, 0.717) is 18.0 Å². The van der Waals surface area contributed by atoms with Crippen LogP contribution in [0.1, 0.15) is 46.2 Å². The first-order valence-corrected chi connectivity index (χ1v) is 7.41. The van der Waals surface area contributed by atoms with Crippen LogP contribution in [0.3, 0.4) is 0 Å². The van der Waals surface area contributed by atoms with Gasteiger partial charge in [-0.25, -0.2) is 0 Å². The van der Waals surface area contributed by atoms with Crippen LogP contribution >= 0.6 is 11.3 Å². The first-order chi connectivity index (χ1) is 7.93. The van der Waals surface area contributed by atoms with E-state index in [1.165, 1.54) is 5.56 Å². The summed E-state index contributed by atoms with van der Waals surface area (Å²) < 4.78 is 0. The number of hydrogen-bond donors (Lipinski definition) is 1. The molecule has 2 N–H and O–H groups in total. The van der Waals surface area contributed by atoms with Gasteiger partial charge in [-0.1, -0.05) is 13.8 Å². The van der Waals surface area contributed by atoms with Crippen LogP contribution in [0.5, 0.6) is 0 Å². The van der Waals surface area contributed by atoms with Crippen molar-refractivity contribution < 1.29 is 0 Å². The van der Waals surface area contributed by atoms with Crippen molar-refractivity contribution in [2.75, 3.05) is 6.54 Å². The summed E-state index contributed by atoms with van der Waals surface area (Å²) in [4.78, 5) is 2.53. The van der Waals surface area contributed by atoms with Gasteiger partial charge in [0.25, 0.3) is 0 Å². The molecule has 1 heterocycles. The molecule has 0 aromatic carbocycles. The Kier molecular flexibility index (Phi) is 5.63. The van der Waals surface area contributed by atoms with Gasteiger partial charge >= 0.3 is 0 Å². The van der Waals surface area contributed by atoms with E-state index in [1.807, 2.05) is 0 Å². The molecule has 0 aliphatic carbocycles. The molecule has 0 fully saturated rings. The molecule has 1 aromatic rings. The Morgan fingerprint density at radius 2 is 1.88 bits per heavy atom. The van der Waals surface area contributed by atoms with Gasteiger partial charge in [-0.05, 0) is 49.1 Å². The third-order valence-electron chi connectivity index (χ3n) is 2.98. The summed E-state index contributed by atoms with van der Waals surface area (Å²) in [5, 5.41) is 4.36. The predicted octanol–water partition coefficient (Wildman–Crippen LogP) is 3.50. The van der Waals surface area contributed by atoms with Crippen molar-refractivity contribution in [3.8, 4) is 0 Å². The van der Waals surface area contributed by atoms with Gasteiger partial charge in [0.2, 0.25) is 0 Å². The van der Waals surface area contributed by atoms with Gasteiger partial charge in [0.15, 0.2) is 0 Å². The van der Waals surface area contributed by atoms with E-state index in [0.717, 1.165) is 6.54 Å². The third-order valence-corrected chi connectivity index (χ3v) is 3.68. The standard InChI is InChI=1S/C14H26N2S/c1-10(2)8-16(11(3)4)14(12(5)15)13-6-7-17-9-13/h6-7,9-12,14H,8,15H2,1-5H3. The first kappa shape index (κ1) is 14.7. The molecule has 0 bridgehead atoms. The lowest BCUT2D eigenvalue weighted by Gasteiger charge is -2.38. The van der Waals surface area contributed by atoms with E-state index >= 15 is 0 Å². The van der Waals surface area contributed by atoms with E-state index in [-0.39, 0.29) is 6.04 Å². The molecule has 2 unspecified atom stereocenters. The van der Waals surface area contributed by atoms with Crippen LogP contribution in [0.2, 0.25) is 0 Å². The average Bonchev–Trinajstić information content (AvgIpc) is 2.68. The zero-order chi connectivity index (χ0) is 13.0. The van der Waals surface area contributed by atoms with Crippen molar-refractivity contribution >= 4 is 11.3 Å². The van der Waals surface area contributed by atoms with E-state index in [1.54, 1.807) is 11.3 Å². The zero-order valence-electron chi connectivity index (χ0n) is 11.7. The topological polar surface area (TPSA) is 29.3 Å². The van der Waals surface area contributed by atoms with Crippen molar-refractivity contribution in [3.63, 3.8) is 0 Å². The molecule has 0 saturated heterocycles. The Labute approximate surface area is 110 Å². The van der Waals surface area contributed by atoms with Crippen LogP contribution in [0.4, 0.5) is 0 Å². The second-order valence-electron chi connectivity index (χ2n) is 5.55. The summed E-state index contributed by atoms with van der Waals surface area (Å²) in [7, 11) is 0. The molecule has 3 heteroatoms. The monoisotopic (exact) mass is 254 g/mol. The Morgan fingerprint density at radius 3 is 2.24 bits per heavy atom. The van der Waals surface area contributed by atoms with Gasteiger partial charge in [0.1, 0.15) is 0 Å². The Hall–Kier alpha value is -0.380. The largest absolute Gasteiger partial charge is 0.326 e. The fraction of sp³-hybridized carbons (Fsp3) is 0.714. The van der Waals surface area contributed by atoms with E-state index in [4.69, 9.17) is 5.73 Å². The van der Waals surface area contributed by atoms with E-state index < -0.39 is 0 Å². The van der Waals surface area contributed by atoms with Crippen LogP contribution in [-0.2, 0) is 0 Å². The molecule has 0 radical (unpaired) electrons. The van der Waals surface area contributed by atoms with Crippen LogP contribution in [0.15, 0.2) is 16.8 Å². The van der Waals surface area contributed by atoms with Gasteiger partial charge in [-0.3, -0.25) is 4.90 Å². The first-order valence-electron chi connectivity index (χ1n) is 6.47. The van der Waals surface area contributed by atoms with Crippen molar-refractivity contribution in [3.05, 3.63) is 22.4 Å².